The number of H-pyrrole nitrogens is 1. The molecule has 0 radical (unpaired) electrons. The van der Waals surface area contributed by atoms with Gasteiger partial charge >= 0.3 is 0 Å². The molecule has 0 bridgehead atoms. The van der Waals surface area contributed by atoms with Crippen LogP contribution in [0, 0.1) is 16.3 Å². The lowest BCUT2D eigenvalue weighted by atomic mass is 9.78. The normalized spacial score (nSPS) is 16.9. The SMILES string of the molecule is COc1cc(=O)c2c(=O)c3c(c(=O)c=2c1=O)=C(O)[C@]1(CCc2c1c(O)c1c(=O)[nH]c(/C=N/OCc4ccc(F)cc4)cc1c2Br)C=3O. The fraction of sp³-hybridized carbons (Fsp3) is 0.152. The fourth-order valence-corrected chi connectivity index (χ4v) is 7.38. The molecule has 3 aromatic rings. The van der Waals surface area contributed by atoms with Gasteiger partial charge in [0.25, 0.3) is 5.56 Å². The van der Waals surface area contributed by atoms with Crippen molar-refractivity contribution < 1.29 is 29.3 Å². The highest BCUT2D eigenvalue weighted by atomic mass is 79.9. The number of halogens is 2. The third-order valence-corrected chi connectivity index (χ3v) is 9.69. The van der Waals surface area contributed by atoms with Gasteiger partial charge in [0.15, 0.2) is 11.2 Å². The molecule has 236 valence electrons. The van der Waals surface area contributed by atoms with Gasteiger partial charge in [0.1, 0.15) is 35.1 Å². The number of nitrogens with zero attached hydrogens (tertiary/aromatic N) is 1. The molecular weight excluding hydrogens is 683 g/mol. The Labute approximate surface area is 268 Å². The first-order valence-corrected chi connectivity index (χ1v) is 14.8. The first-order valence-electron chi connectivity index (χ1n) is 14.0. The molecule has 2 aromatic carbocycles. The Morgan fingerprint density at radius 3 is 2.28 bits per heavy atom. The van der Waals surface area contributed by atoms with E-state index in [-0.39, 0.29) is 41.5 Å². The third kappa shape index (κ3) is 4.03. The van der Waals surface area contributed by atoms with Crippen LogP contribution < -0.4 is 42.4 Å². The Bertz CT molecular complexity index is 2740. The summed E-state index contributed by atoms with van der Waals surface area (Å²) in [5, 5.41) is 35.8. The minimum Gasteiger partial charge on any atom is -0.510 e. The Hall–Kier alpha value is -5.63. The van der Waals surface area contributed by atoms with Gasteiger partial charge < -0.3 is 29.9 Å². The van der Waals surface area contributed by atoms with E-state index in [2.05, 4.69) is 26.1 Å². The number of methoxy groups -OCH3 is 1. The quantitative estimate of drug-likeness (QED) is 0.152. The van der Waals surface area contributed by atoms with E-state index < -0.39 is 82.4 Å². The number of aliphatic hydroxyl groups excluding tert-OH is 2. The summed E-state index contributed by atoms with van der Waals surface area (Å²) in [5.74, 6) is -3.09. The highest BCUT2D eigenvalue weighted by Crippen LogP contribution is 2.56. The number of hydrogen-bond donors (Lipinski definition) is 4. The summed E-state index contributed by atoms with van der Waals surface area (Å²) in [6, 6.07) is 7.88. The van der Waals surface area contributed by atoms with Gasteiger partial charge in [-0.15, -0.1) is 0 Å². The average Bonchev–Trinajstić information content (AvgIpc) is 3.55. The maximum atomic E-state index is 13.7. The fourth-order valence-electron chi connectivity index (χ4n) is 6.67. The zero-order valence-electron chi connectivity index (χ0n) is 24.1. The molecule has 4 N–H and O–H groups in total. The van der Waals surface area contributed by atoms with Crippen molar-refractivity contribution in [3.8, 4) is 11.5 Å². The van der Waals surface area contributed by atoms with Crippen LogP contribution in [0.2, 0.25) is 0 Å². The van der Waals surface area contributed by atoms with Crippen LogP contribution in [0.25, 0.3) is 22.3 Å². The molecule has 0 fully saturated rings. The number of fused-ring (bicyclic) bond motifs is 4. The molecule has 1 heterocycles. The summed E-state index contributed by atoms with van der Waals surface area (Å²) in [7, 11) is 1.11. The third-order valence-electron chi connectivity index (χ3n) is 8.79. The van der Waals surface area contributed by atoms with E-state index in [0.717, 1.165) is 13.2 Å². The second kappa shape index (κ2) is 10.5. The molecule has 0 aliphatic heterocycles. The van der Waals surface area contributed by atoms with Crippen molar-refractivity contribution in [2.24, 2.45) is 5.16 Å². The minimum absolute atomic E-state index is 0.0303. The summed E-state index contributed by atoms with van der Waals surface area (Å²) in [4.78, 5) is 74.3. The van der Waals surface area contributed by atoms with Gasteiger partial charge in [-0.05, 0) is 58.1 Å². The average molecular weight is 703 g/mol. The largest absolute Gasteiger partial charge is 0.510 e. The number of aromatic nitrogens is 1. The van der Waals surface area contributed by atoms with Crippen LogP contribution in [0.5, 0.6) is 11.5 Å². The molecule has 0 saturated heterocycles. The molecule has 1 spiro atoms. The molecule has 47 heavy (non-hydrogen) atoms. The first kappa shape index (κ1) is 30.0. The molecule has 4 aliphatic carbocycles. The van der Waals surface area contributed by atoms with Crippen LogP contribution in [0.15, 0.2) is 70.0 Å². The number of pyridine rings is 1. The van der Waals surface area contributed by atoms with Crippen molar-refractivity contribution in [2.45, 2.75) is 24.9 Å². The summed E-state index contributed by atoms with van der Waals surface area (Å²) >= 11 is 3.49. The number of nitrogens with one attached hydrogen (secondary N) is 1. The number of oxime groups is 1. The molecule has 0 amide bonds. The maximum Gasteiger partial charge on any atom is 0.260 e. The zero-order valence-corrected chi connectivity index (χ0v) is 25.7. The number of benzene rings is 2. The van der Waals surface area contributed by atoms with Crippen molar-refractivity contribution >= 4 is 44.4 Å². The highest BCUT2D eigenvalue weighted by Gasteiger charge is 2.53. The van der Waals surface area contributed by atoms with E-state index in [1.807, 2.05) is 0 Å². The molecular formula is C33H20BrFN2O10. The Morgan fingerprint density at radius 1 is 0.957 bits per heavy atom. The van der Waals surface area contributed by atoms with Gasteiger partial charge in [0.2, 0.25) is 16.3 Å². The number of hydrogen-bond acceptors (Lipinski definition) is 11. The summed E-state index contributed by atoms with van der Waals surface area (Å²) in [6.07, 6.45) is 1.18. The second-order valence-corrected chi connectivity index (χ2v) is 12.0. The number of aliphatic hydroxyl groups is 2. The highest BCUT2D eigenvalue weighted by molar-refractivity contribution is 9.10. The van der Waals surface area contributed by atoms with E-state index in [4.69, 9.17) is 9.57 Å². The predicted octanol–water partition coefficient (Wildman–Crippen LogP) is 0.966. The van der Waals surface area contributed by atoms with Crippen molar-refractivity contribution in [2.75, 3.05) is 7.11 Å². The Balaban J connectivity index is 1.42. The minimum atomic E-state index is -2.04. The number of aromatic hydroxyl groups is 1. The molecule has 12 nitrogen and oxygen atoms in total. The number of phenolic OH excluding ortho intramolecular Hbond substituents is 1. The van der Waals surface area contributed by atoms with Gasteiger partial charge in [-0.2, -0.15) is 0 Å². The number of rotatable bonds is 5. The van der Waals surface area contributed by atoms with Crippen LogP contribution >= 0.6 is 15.9 Å². The lowest BCUT2D eigenvalue weighted by Crippen LogP contribution is -2.51. The predicted molar refractivity (Wildman–Crippen MR) is 170 cm³/mol. The molecule has 4 aliphatic rings. The van der Waals surface area contributed by atoms with Crippen molar-refractivity contribution in [3.63, 3.8) is 0 Å². The van der Waals surface area contributed by atoms with Gasteiger partial charge in [0, 0.05) is 21.5 Å². The van der Waals surface area contributed by atoms with Gasteiger partial charge in [-0.25, -0.2) is 4.39 Å². The lowest BCUT2D eigenvalue weighted by molar-refractivity contribution is 0.132. The van der Waals surface area contributed by atoms with Crippen LogP contribution in [0.1, 0.15) is 28.8 Å². The second-order valence-electron chi connectivity index (χ2n) is 11.2. The maximum absolute atomic E-state index is 13.7. The van der Waals surface area contributed by atoms with E-state index in [9.17, 15) is 43.7 Å². The van der Waals surface area contributed by atoms with Crippen molar-refractivity contribution in [1.29, 1.82) is 0 Å². The van der Waals surface area contributed by atoms with E-state index in [0.29, 0.717) is 15.6 Å². The summed E-state index contributed by atoms with van der Waals surface area (Å²) in [5.41, 5.74) is -6.04. The Kier molecular flexibility index (Phi) is 6.68. The van der Waals surface area contributed by atoms with Crippen molar-refractivity contribution in [1.82, 2.24) is 4.98 Å². The van der Waals surface area contributed by atoms with Gasteiger partial charge in [-0.3, -0.25) is 24.0 Å². The van der Waals surface area contributed by atoms with Gasteiger partial charge in [0.05, 0.1) is 45.3 Å². The standard InChI is InChI=1S/C33H20BrFN2O10/c1-46-18-9-17(38)20-21(26(18)39)28(41)23-22(27(20)40)30(43)33(31(23)44)7-6-15-24(33)29(42)19-16(25(15)34)8-14(37-32(19)45)10-36-47-11-12-2-4-13(35)5-3-12/h2-5,8-10,42-44H,6-7,11H2,1H3,(H,37,45)/b36-10+/t33-/m0/s1. The van der Waals surface area contributed by atoms with E-state index in [1.54, 1.807) is 0 Å². The van der Waals surface area contributed by atoms with Crippen LogP contribution in [-0.4, -0.2) is 33.6 Å². The molecule has 0 saturated carbocycles. The molecule has 7 rings (SSSR count). The van der Waals surface area contributed by atoms with Crippen LogP contribution in [-0.2, 0) is 23.3 Å². The number of aromatic amines is 1. The van der Waals surface area contributed by atoms with Crippen molar-refractivity contribution in [3.05, 3.63) is 141 Å². The van der Waals surface area contributed by atoms with E-state index in [1.165, 1.54) is 36.5 Å². The van der Waals surface area contributed by atoms with Gasteiger partial charge in [-0.1, -0.05) is 17.3 Å². The first-order chi connectivity index (χ1) is 22.4. The monoisotopic (exact) mass is 702 g/mol. The molecule has 14 heteroatoms. The molecule has 1 aromatic heterocycles. The smallest absolute Gasteiger partial charge is 0.260 e. The van der Waals surface area contributed by atoms with E-state index >= 15 is 0 Å². The Morgan fingerprint density at radius 2 is 1.62 bits per heavy atom. The summed E-state index contributed by atoms with van der Waals surface area (Å²) in [6.45, 7) is 0.0303. The van der Waals surface area contributed by atoms with Crippen LogP contribution in [0.4, 0.5) is 4.39 Å². The van der Waals surface area contributed by atoms with Crippen LogP contribution in [0.3, 0.4) is 0 Å². The lowest BCUT2D eigenvalue weighted by Gasteiger charge is -2.27. The molecule has 1 atom stereocenters. The topological polar surface area (TPSA) is 193 Å². The summed E-state index contributed by atoms with van der Waals surface area (Å²) < 4.78 is 18.3. The molecule has 0 unspecified atom stereocenters. The zero-order chi connectivity index (χ0) is 33.5. The number of phenols is 1. The number of ether oxygens (including phenoxy) is 1.